The van der Waals surface area contributed by atoms with Crippen LogP contribution in [0.25, 0.3) is 0 Å². The lowest BCUT2D eigenvalue weighted by molar-refractivity contribution is -0.139. The first-order chi connectivity index (χ1) is 15.7. The number of rotatable bonds is 6. The number of nitrogens with one attached hydrogen (secondary N) is 1. The molecule has 0 saturated carbocycles. The zero-order chi connectivity index (χ0) is 24.3. The van der Waals surface area contributed by atoms with E-state index in [4.69, 9.17) is 25.8 Å². The molecule has 1 unspecified atom stereocenters. The van der Waals surface area contributed by atoms with Gasteiger partial charge in [0.1, 0.15) is 6.04 Å². The van der Waals surface area contributed by atoms with Gasteiger partial charge in [-0.1, -0.05) is 11.6 Å². The summed E-state index contributed by atoms with van der Waals surface area (Å²) < 4.78 is 15.7. The second-order valence-corrected chi connectivity index (χ2v) is 7.44. The predicted octanol–water partition coefficient (Wildman–Crippen LogP) is 2.19. The van der Waals surface area contributed by atoms with Gasteiger partial charge in [0.25, 0.3) is 11.8 Å². The molecule has 3 rings (SSSR count). The Kier molecular flexibility index (Phi) is 7.07. The van der Waals surface area contributed by atoms with Crippen molar-refractivity contribution < 1.29 is 33.4 Å². The van der Waals surface area contributed by atoms with Gasteiger partial charge in [0, 0.05) is 17.5 Å². The average molecular weight is 476 g/mol. The molecule has 2 aromatic rings. The molecule has 1 aliphatic rings. The van der Waals surface area contributed by atoms with Crippen LogP contribution in [0.3, 0.4) is 0 Å². The van der Waals surface area contributed by atoms with Gasteiger partial charge < -0.3 is 14.2 Å². The number of anilines is 1. The molecule has 1 saturated heterocycles. The van der Waals surface area contributed by atoms with Crippen LogP contribution in [0.5, 0.6) is 17.2 Å². The van der Waals surface area contributed by atoms with Crippen molar-refractivity contribution in [3.63, 3.8) is 0 Å². The summed E-state index contributed by atoms with van der Waals surface area (Å²) in [5, 5.41) is 1.29. The maximum atomic E-state index is 13.0. The van der Waals surface area contributed by atoms with E-state index in [1.807, 2.05) is 0 Å². The van der Waals surface area contributed by atoms with Crippen molar-refractivity contribution in [2.24, 2.45) is 0 Å². The van der Waals surface area contributed by atoms with E-state index in [9.17, 15) is 19.2 Å². The topological polar surface area (TPSA) is 114 Å². The Morgan fingerprint density at radius 3 is 2.09 bits per heavy atom. The van der Waals surface area contributed by atoms with Crippen molar-refractivity contribution in [3.05, 3.63) is 47.0 Å². The highest BCUT2D eigenvalue weighted by Gasteiger charge is 2.44. The lowest BCUT2D eigenvalue weighted by Crippen LogP contribution is -2.54. The van der Waals surface area contributed by atoms with Crippen molar-refractivity contribution in [3.8, 4) is 17.2 Å². The Bertz CT molecular complexity index is 1080. The minimum atomic E-state index is -1.21. The number of methoxy groups -OCH3 is 3. The largest absolute Gasteiger partial charge is 0.493 e. The standard InChI is InChI=1S/C22H22ClN3O7/c1-12(27)26(16-11-19(28)25(22(16)30)15-7-5-14(23)6-8-15)24-21(29)13-9-17(31-2)20(33-4)18(10-13)32-3/h5-10,16H,11H2,1-4H3,(H,24,29). The summed E-state index contributed by atoms with van der Waals surface area (Å²) in [7, 11) is 4.22. The molecule has 1 heterocycles. The number of hydrogen-bond acceptors (Lipinski definition) is 7. The molecule has 11 heteroatoms. The van der Waals surface area contributed by atoms with Crippen molar-refractivity contribution in [1.82, 2.24) is 10.4 Å². The molecular formula is C22H22ClN3O7. The van der Waals surface area contributed by atoms with Crippen LogP contribution in [-0.4, -0.2) is 56.0 Å². The quantitative estimate of drug-likeness (QED) is 0.503. The number of nitrogens with zero attached hydrogens (tertiary/aromatic N) is 2. The fraction of sp³-hybridized carbons (Fsp3) is 0.273. The molecular weight excluding hydrogens is 454 g/mol. The monoisotopic (exact) mass is 475 g/mol. The number of amides is 4. The fourth-order valence-electron chi connectivity index (χ4n) is 3.44. The molecule has 174 valence electrons. The van der Waals surface area contributed by atoms with Crippen LogP contribution in [0.4, 0.5) is 5.69 Å². The molecule has 0 spiro atoms. The number of benzene rings is 2. The van der Waals surface area contributed by atoms with Gasteiger partial charge in [-0.15, -0.1) is 0 Å². The summed E-state index contributed by atoms with van der Waals surface area (Å²) in [6.07, 6.45) is -0.295. The average Bonchev–Trinajstić information content (AvgIpc) is 3.09. The zero-order valence-electron chi connectivity index (χ0n) is 18.4. The summed E-state index contributed by atoms with van der Waals surface area (Å²) >= 11 is 5.88. The fourth-order valence-corrected chi connectivity index (χ4v) is 3.57. The maximum Gasteiger partial charge on any atom is 0.270 e. The highest BCUT2D eigenvalue weighted by atomic mass is 35.5. The van der Waals surface area contributed by atoms with Gasteiger partial charge in [-0.3, -0.25) is 24.6 Å². The number of carbonyl (C=O) groups excluding carboxylic acids is 4. The highest BCUT2D eigenvalue weighted by molar-refractivity contribution is 6.31. The van der Waals surface area contributed by atoms with E-state index in [-0.39, 0.29) is 29.2 Å². The molecule has 0 bridgehead atoms. The normalized spacial score (nSPS) is 15.3. The first-order valence-electron chi connectivity index (χ1n) is 9.75. The van der Waals surface area contributed by atoms with Crippen molar-refractivity contribution in [1.29, 1.82) is 0 Å². The third kappa shape index (κ3) is 4.70. The minimum Gasteiger partial charge on any atom is -0.493 e. The zero-order valence-corrected chi connectivity index (χ0v) is 19.1. The first-order valence-corrected chi connectivity index (χ1v) is 10.1. The first kappa shape index (κ1) is 23.9. The Morgan fingerprint density at radius 1 is 1.03 bits per heavy atom. The van der Waals surface area contributed by atoms with Crippen LogP contribution in [0.2, 0.25) is 5.02 Å². The molecule has 0 aromatic heterocycles. The number of imide groups is 1. The Hall–Kier alpha value is -3.79. The molecule has 1 fully saturated rings. The van der Waals surface area contributed by atoms with E-state index < -0.39 is 29.7 Å². The van der Waals surface area contributed by atoms with Crippen LogP contribution >= 0.6 is 11.6 Å². The van der Waals surface area contributed by atoms with E-state index in [1.54, 1.807) is 12.1 Å². The third-order valence-corrected chi connectivity index (χ3v) is 5.26. The van der Waals surface area contributed by atoms with Gasteiger partial charge >= 0.3 is 0 Å². The summed E-state index contributed by atoms with van der Waals surface area (Å²) in [5.74, 6) is -1.75. The molecule has 2 aromatic carbocycles. The number of hydrazine groups is 1. The third-order valence-electron chi connectivity index (χ3n) is 5.01. The predicted molar refractivity (Wildman–Crippen MR) is 118 cm³/mol. The second kappa shape index (κ2) is 9.78. The van der Waals surface area contributed by atoms with Gasteiger partial charge in [0.2, 0.25) is 17.6 Å². The Labute approximate surface area is 194 Å². The molecule has 4 amide bonds. The molecule has 1 N–H and O–H groups in total. The minimum absolute atomic E-state index is 0.0853. The summed E-state index contributed by atoms with van der Waals surface area (Å²) in [4.78, 5) is 51.8. The Balaban J connectivity index is 1.88. The molecule has 0 aliphatic carbocycles. The summed E-state index contributed by atoms with van der Waals surface area (Å²) in [6, 6.07) is 7.71. The number of hydrogen-bond donors (Lipinski definition) is 1. The van der Waals surface area contributed by atoms with E-state index in [0.29, 0.717) is 10.7 Å². The van der Waals surface area contributed by atoms with Crippen molar-refractivity contribution in [2.45, 2.75) is 19.4 Å². The molecule has 33 heavy (non-hydrogen) atoms. The second-order valence-electron chi connectivity index (χ2n) is 7.01. The van der Waals surface area contributed by atoms with Gasteiger partial charge in [0.15, 0.2) is 11.5 Å². The van der Waals surface area contributed by atoms with Crippen LogP contribution in [-0.2, 0) is 14.4 Å². The van der Waals surface area contributed by atoms with Crippen LogP contribution < -0.4 is 24.5 Å². The SMILES string of the molecule is COc1cc(C(=O)NN(C(C)=O)C2CC(=O)N(c3ccc(Cl)cc3)C2=O)cc(OC)c1OC. The number of carbonyl (C=O) groups is 4. The summed E-state index contributed by atoms with van der Waals surface area (Å²) in [6.45, 7) is 1.18. The molecule has 10 nitrogen and oxygen atoms in total. The smallest absolute Gasteiger partial charge is 0.270 e. The van der Waals surface area contributed by atoms with E-state index in [2.05, 4.69) is 5.43 Å². The van der Waals surface area contributed by atoms with E-state index in [0.717, 1.165) is 9.91 Å². The lowest BCUT2D eigenvalue weighted by Gasteiger charge is -2.27. The molecule has 1 aliphatic heterocycles. The van der Waals surface area contributed by atoms with Gasteiger partial charge in [-0.05, 0) is 36.4 Å². The van der Waals surface area contributed by atoms with E-state index >= 15 is 0 Å². The number of ether oxygens (including phenoxy) is 3. The Morgan fingerprint density at radius 2 is 1.61 bits per heavy atom. The highest BCUT2D eigenvalue weighted by Crippen LogP contribution is 2.38. The van der Waals surface area contributed by atoms with Crippen LogP contribution in [0.15, 0.2) is 36.4 Å². The van der Waals surface area contributed by atoms with Crippen molar-refractivity contribution >= 4 is 40.9 Å². The number of halogens is 1. The summed E-state index contributed by atoms with van der Waals surface area (Å²) in [5.41, 5.74) is 2.82. The maximum absolute atomic E-state index is 13.0. The van der Waals surface area contributed by atoms with E-state index in [1.165, 1.54) is 52.5 Å². The van der Waals surface area contributed by atoms with Gasteiger partial charge in [-0.2, -0.15) is 0 Å². The lowest BCUT2D eigenvalue weighted by atomic mass is 10.1. The van der Waals surface area contributed by atoms with Crippen LogP contribution in [0, 0.1) is 0 Å². The molecule has 1 atom stereocenters. The van der Waals surface area contributed by atoms with Gasteiger partial charge in [-0.25, -0.2) is 9.91 Å². The van der Waals surface area contributed by atoms with Crippen LogP contribution in [0.1, 0.15) is 23.7 Å². The van der Waals surface area contributed by atoms with Crippen molar-refractivity contribution in [2.75, 3.05) is 26.2 Å². The molecule has 0 radical (unpaired) electrons. The van der Waals surface area contributed by atoms with Gasteiger partial charge in [0.05, 0.1) is 33.4 Å².